The summed E-state index contributed by atoms with van der Waals surface area (Å²) in [5.74, 6) is 0. The first-order valence-corrected chi connectivity index (χ1v) is 3.77. The van der Waals surface area contributed by atoms with Crippen LogP contribution in [-0.2, 0) is 0 Å². The van der Waals surface area contributed by atoms with Crippen LogP contribution in [0.15, 0.2) is 11.4 Å². The molecule has 0 unspecified atom stereocenters. The van der Waals surface area contributed by atoms with Gasteiger partial charge in [-0.2, -0.15) is 0 Å². The van der Waals surface area contributed by atoms with Crippen molar-refractivity contribution in [2.24, 2.45) is 0 Å². The van der Waals surface area contributed by atoms with Gasteiger partial charge >= 0.3 is 13.2 Å². The minimum Gasteiger partial charge on any atom is -1.00 e. The molecule has 0 aliphatic rings. The lowest BCUT2D eigenvalue weighted by Gasteiger charge is -1.64. The lowest BCUT2D eigenvalue weighted by molar-refractivity contribution is -0.00000549. The van der Waals surface area contributed by atoms with Gasteiger partial charge in [-0.05, 0) is 12.3 Å². The quantitative estimate of drug-likeness (QED) is 0.348. The number of diazo groups is 1. The monoisotopic (exact) mass is 212 g/mol. The number of thiophene rings is 1. The van der Waals surface area contributed by atoms with Crippen molar-refractivity contribution < 1.29 is 17.7 Å². The van der Waals surface area contributed by atoms with E-state index in [1.54, 1.807) is 17.4 Å². The normalized spacial score (nSPS) is 7.31. The van der Waals surface area contributed by atoms with Gasteiger partial charge in [0.15, 0.2) is 4.98 Å². The average molecular weight is 212 g/mol. The number of nitrogens with zero attached hydrogens (tertiary/aromatic N) is 2. The summed E-state index contributed by atoms with van der Waals surface area (Å²) in [6.45, 7) is 1.92. The van der Waals surface area contributed by atoms with Crippen molar-refractivity contribution in [3.8, 4) is 0 Å². The maximum Gasteiger partial charge on any atom is 0.762 e. The summed E-state index contributed by atoms with van der Waals surface area (Å²) in [6.07, 6.45) is 0. The molecule has 0 fully saturated rings. The molecule has 0 atom stereocenters. The molecule has 1 aromatic heterocycles. The van der Waals surface area contributed by atoms with Crippen molar-refractivity contribution >= 4 is 24.6 Å². The molecule has 13 heavy (non-hydrogen) atoms. The van der Waals surface area contributed by atoms with Crippen LogP contribution >= 0.6 is 11.3 Å². The highest BCUT2D eigenvalue weighted by Crippen LogP contribution is 2.22. The largest absolute Gasteiger partial charge is 1.00 e. The van der Waals surface area contributed by atoms with Crippen LogP contribution in [0.4, 0.5) is 18.6 Å². The van der Waals surface area contributed by atoms with Gasteiger partial charge in [-0.1, -0.05) is 0 Å². The highest BCUT2D eigenvalue weighted by molar-refractivity contribution is 7.10. The maximum atomic E-state index is 9.67. The van der Waals surface area contributed by atoms with Crippen LogP contribution in [0, 0.1) is 12.3 Å². The summed E-state index contributed by atoms with van der Waals surface area (Å²) in [4.78, 5) is 4.09. The summed E-state index contributed by atoms with van der Waals surface area (Å²) in [6, 6.07) is 1.78. The Morgan fingerprint density at radius 2 is 1.92 bits per heavy atom. The van der Waals surface area contributed by atoms with Crippen LogP contribution in [0.3, 0.4) is 0 Å². The first kappa shape index (κ1) is 14.4. The van der Waals surface area contributed by atoms with Crippen molar-refractivity contribution in [2.75, 3.05) is 0 Å². The third-order valence-electron chi connectivity index (χ3n) is 0.939. The molecule has 72 valence electrons. The smallest absolute Gasteiger partial charge is 0.762 e. The van der Waals surface area contributed by atoms with E-state index in [0.29, 0.717) is 5.69 Å². The topological polar surface area (TPSA) is 28.1 Å². The van der Waals surface area contributed by atoms with Crippen LogP contribution in [0.5, 0.6) is 0 Å². The molecular weight excluding hydrogens is 207 g/mol. The van der Waals surface area contributed by atoms with Gasteiger partial charge in [-0.15, -0.1) is 11.3 Å². The zero-order chi connectivity index (χ0) is 9.56. The van der Waals surface area contributed by atoms with Crippen molar-refractivity contribution in [3.05, 3.63) is 21.3 Å². The van der Waals surface area contributed by atoms with Crippen molar-refractivity contribution in [3.63, 3.8) is 0 Å². The van der Waals surface area contributed by atoms with Crippen LogP contribution in [0.1, 0.15) is 4.88 Å². The Morgan fingerprint density at radius 1 is 1.46 bits per heavy atom. The van der Waals surface area contributed by atoms with E-state index in [2.05, 4.69) is 4.98 Å². The third kappa shape index (κ3) is 7.27. The standard InChI is InChI=1S/C5H5N2S.BF3.FH/c1-4-5(7-6)2-3-8-4;2-1(3)4;/h2-3H,1H3;;1H/q+1;;/p-1. The van der Waals surface area contributed by atoms with Crippen molar-refractivity contribution in [2.45, 2.75) is 6.92 Å². The molecule has 0 saturated heterocycles. The summed E-state index contributed by atoms with van der Waals surface area (Å²) in [7, 11) is -3.67. The van der Waals surface area contributed by atoms with E-state index in [-0.39, 0.29) is 4.70 Å². The number of halogens is 4. The van der Waals surface area contributed by atoms with Gasteiger partial charge in [0.1, 0.15) is 0 Å². The van der Waals surface area contributed by atoms with Crippen LogP contribution < -0.4 is 4.70 Å². The SMILES string of the molecule is Cc1sccc1[N+]#N.FB(F)F.[F-]. The molecule has 0 radical (unpaired) electrons. The first-order valence-electron chi connectivity index (χ1n) is 2.89. The van der Waals surface area contributed by atoms with Gasteiger partial charge in [-0.3, -0.25) is 12.9 Å². The predicted molar refractivity (Wildman–Crippen MR) is 42.9 cm³/mol. The van der Waals surface area contributed by atoms with Crippen molar-refractivity contribution in [1.29, 1.82) is 5.39 Å². The summed E-state index contributed by atoms with van der Waals surface area (Å²) >= 11 is 1.58. The molecule has 0 aliphatic heterocycles. The minimum atomic E-state index is -3.67. The Balaban J connectivity index is 0. The van der Waals surface area contributed by atoms with Crippen LogP contribution in [0.2, 0.25) is 0 Å². The highest BCUT2D eigenvalue weighted by Gasteiger charge is 2.08. The Hall–Kier alpha value is -1.10. The van der Waals surface area contributed by atoms with E-state index in [1.807, 2.05) is 12.3 Å². The molecule has 2 nitrogen and oxygen atoms in total. The van der Waals surface area contributed by atoms with Gasteiger partial charge in [0.25, 0.3) is 0 Å². The van der Waals surface area contributed by atoms with E-state index in [4.69, 9.17) is 5.39 Å². The molecule has 0 N–H and O–H groups in total. The number of rotatable bonds is 0. The molecular formula is C5H5BF4N2S. The van der Waals surface area contributed by atoms with Crippen molar-refractivity contribution in [1.82, 2.24) is 0 Å². The molecule has 0 amide bonds. The Morgan fingerprint density at radius 3 is 2.08 bits per heavy atom. The second kappa shape index (κ2) is 7.55. The van der Waals surface area contributed by atoms with Gasteiger partial charge in [-0.25, -0.2) is 0 Å². The molecule has 0 saturated carbocycles. The molecule has 0 spiro atoms. The zero-order valence-corrected chi connectivity index (χ0v) is 7.36. The Kier molecular flexibility index (Phi) is 8.38. The Labute approximate surface area is 76.6 Å². The maximum absolute atomic E-state index is 9.67. The zero-order valence-electron chi connectivity index (χ0n) is 6.55. The molecule has 0 aromatic carbocycles. The summed E-state index contributed by atoms with van der Waals surface area (Å²) < 4.78 is 29.0. The Bertz CT molecular complexity index is 269. The number of hydrogen-bond acceptors (Lipinski definition) is 2. The predicted octanol–water partition coefficient (Wildman–Crippen LogP) is 0.425. The van der Waals surface area contributed by atoms with Crippen LogP contribution in [0.25, 0.3) is 4.98 Å². The molecule has 0 bridgehead atoms. The second-order valence-electron chi connectivity index (χ2n) is 1.71. The van der Waals surface area contributed by atoms with Gasteiger partial charge in [0, 0.05) is 6.07 Å². The molecule has 0 aliphatic carbocycles. The van der Waals surface area contributed by atoms with Gasteiger partial charge in [0.2, 0.25) is 5.39 Å². The number of aryl methyl sites for hydroxylation is 1. The fourth-order valence-electron chi connectivity index (χ4n) is 0.482. The van der Waals surface area contributed by atoms with E-state index in [1.165, 1.54) is 0 Å². The van der Waals surface area contributed by atoms with E-state index in [0.717, 1.165) is 4.88 Å². The fraction of sp³-hybridized carbons (Fsp3) is 0.200. The van der Waals surface area contributed by atoms with Gasteiger partial charge < -0.3 is 4.70 Å². The summed E-state index contributed by atoms with van der Waals surface area (Å²) in [5, 5.41) is 10.1. The second-order valence-corrected chi connectivity index (χ2v) is 2.83. The molecule has 8 heteroatoms. The lowest BCUT2D eigenvalue weighted by atomic mass is 10.4. The lowest BCUT2D eigenvalue weighted by Crippen LogP contribution is -3.00. The van der Waals surface area contributed by atoms with Gasteiger partial charge in [0.05, 0.1) is 4.88 Å². The van der Waals surface area contributed by atoms with E-state index in [9.17, 15) is 12.9 Å². The minimum absolute atomic E-state index is 0. The number of hydrogen-bond donors (Lipinski definition) is 0. The fourth-order valence-corrected chi connectivity index (χ4v) is 1.11. The highest BCUT2D eigenvalue weighted by atomic mass is 32.1. The summed E-state index contributed by atoms with van der Waals surface area (Å²) in [5.41, 5.74) is 0.676. The average Bonchev–Trinajstić information content (AvgIpc) is 2.33. The van der Waals surface area contributed by atoms with E-state index < -0.39 is 7.54 Å². The molecule has 1 aromatic rings. The third-order valence-corrected chi connectivity index (χ3v) is 1.77. The van der Waals surface area contributed by atoms with E-state index >= 15 is 0 Å². The molecule has 1 heterocycles. The first-order chi connectivity index (χ1) is 5.57. The van der Waals surface area contributed by atoms with Crippen LogP contribution in [-0.4, -0.2) is 7.54 Å². The molecule has 1 rings (SSSR count).